The number of alkyl halides is 1. The summed E-state index contributed by atoms with van der Waals surface area (Å²) in [6.07, 6.45) is 0. The molecule has 112 valence electrons. The van der Waals surface area contributed by atoms with Gasteiger partial charge in [-0.2, -0.15) is 0 Å². The normalized spacial score (nSPS) is 10.6. The molecule has 1 N–H and O–H groups in total. The van der Waals surface area contributed by atoms with Crippen LogP contribution in [0.15, 0.2) is 54.6 Å². The van der Waals surface area contributed by atoms with Gasteiger partial charge in [-0.1, -0.05) is 18.2 Å². The van der Waals surface area contributed by atoms with Crippen molar-refractivity contribution in [3.63, 3.8) is 0 Å². The Morgan fingerprint density at radius 2 is 1.86 bits per heavy atom. The van der Waals surface area contributed by atoms with Gasteiger partial charge in [-0.05, 0) is 36.4 Å². The Hall–Kier alpha value is -1.89. The SMILES string of the molecule is FCCOc1ccc2nc(-c3ccc(NI)cc3)ccc2c1. The number of aromatic nitrogens is 1. The number of hydrogen-bond donors (Lipinski definition) is 1. The number of anilines is 1. The lowest BCUT2D eigenvalue weighted by molar-refractivity contribution is 0.273. The Morgan fingerprint density at radius 3 is 2.59 bits per heavy atom. The number of rotatable bonds is 5. The van der Waals surface area contributed by atoms with E-state index in [9.17, 15) is 4.39 Å². The van der Waals surface area contributed by atoms with Crippen LogP contribution in [-0.2, 0) is 0 Å². The summed E-state index contributed by atoms with van der Waals surface area (Å²) in [5, 5.41) is 0.977. The molecule has 22 heavy (non-hydrogen) atoms. The van der Waals surface area contributed by atoms with E-state index in [0.717, 1.165) is 27.8 Å². The molecule has 0 spiro atoms. The molecule has 3 aromatic rings. The van der Waals surface area contributed by atoms with Crippen LogP contribution in [0.1, 0.15) is 0 Å². The smallest absolute Gasteiger partial charge is 0.123 e. The Labute approximate surface area is 142 Å². The van der Waals surface area contributed by atoms with Gasteiger partial charge in [0, 0.05) is 16.6 Å². The van der Waals surface area contributed by atoms with Crippen molar-refractivity contribution in [2.45, 2.75) is 0 Å². The van der Waals surface area contributed by atoms with Crippen molar-refractivity contribution in [3.8, 4) is 17.0 Å². The second-order valence-corrected chi connectivity index (χ2v) is 5.30. The summed E-state index contributed by atoms with van der Waals surface area (Å²) in [6, 6.07) is 17.7. The molecular weight excluding hydrogens is 394 g/mol. The van der Waals surface area contributed by atoms with Crippen LogP contribution in [-0.4, -0.2) is 18.3 Å². The minimum absolute atomic E-state index is 0.0776. The van der Waals surface area contributed by atoms with E-state index in [1.54, 1.807) is 0 Å². The first kappa shape index (κ1) is 15.0. The van der Waals surface area contributed by atoms with Gasteiger partial charge in [0.2, 0.25) is 0 Å². The Morgan fingerprint density at radius 1 is 1.05 bits per heavy atom. The van der Waals surface area contributed by atoms with Gasteiger partial charge in [-0.25, -0.2) is 9.37 Å². The van der Waals surface area contributed by atoms with Crippen molar-refractivity contribution >= 4 is 39.5 Å². The number of nitrogens with one attached hydrogen (secondary N) is 1. The first-order valence-corrected chi connectivity index (χ1v) is 7.95. The third kappa shape index (κ3) is 3.30. The summed E-state index contributed by atoms with van der Waals surface area (Å²) in [6.45, 7) is -0.411. The molecule has 0 radical (unpaired) electrons. The Bertz CT molecular complexity index is 777. The van der Waals surface area contributed by atoms with Gasteiger partial charge in [-0.3, -0.25) is 0 Å². The number of fused-ring (bicyclic) bond motifs is 1. The largest absolute Gasteiger partial charge is 0.491 e. The molecule has 0 fully saturated rings. The monoisotopic (exact) mass is 408 g/mol. The molecule has 2 aromatic carbocycles. The summed E-state index contributed by atoms with van der Waals surface area (Å²) >= 11 is 2.10. The second kappa shape index (κ2) is 6.91. The van der Waals surface area contributed by atoms with Gasteiger partial charge in [0.25, 0.3) is 0 Å². The van der Waals surface area contributed by atoms with Crippen LogP contribution in [0.4, 0.5) is 10.1 Å². The molecule has 0 amide bonds. The first-order chi connectivity index (χ1) is 10.8. The molecule has 0 saturated carbocycles. The maximum absolute atomic E-state index is 12.1. The van der Waals surface area contributed by atoms with Gasteiger partial charge >= 0.3 is 0 Å². The fourth-order valence-corrected chi connectivity index (χ4v) is 2.57. The fourth-order valence-electron chi connectivity index (χ4n) is 2.21. The molecular formula is C17H14FIN2O. The molecule has 0 aliphatic heterocycles. The quantitative estimate of drug-likeness (QED) is 0.476. The van der Waals surface area contributed by atoms with Crippen molar-refractivity contribution in [2.24, 2.45) is 0 Å². The molecule has 1 heterocycles. The van der Waals surface area contributed by atoms with Crippen LogP contribution < -0.4 is 8.27 Å². The average Bonchev–Trinajstić information content (AvgIpc) is 2.59. The number of halogens is 2. The van der Waals surface area contributed by atoms with Gasteiger partial charge in [0.1, 0.15) is 19.0 Å². The van der Waals surface area contributed by atoms with Gasteiger partial charge < -0.3 is 8.27 Å². The van der Waals surface area contributed by atoms with Crippen LogP contribution in [0.5, 0.6) is 5.75 Å². The van der Waals surface area contributed by atoms with Crippen molar-refractivity contribution < 1.29 is 9.13 Å². The summed E-state index contributed by atoms with van der Waals surface area (Å²) in [4.78, 5) is 4.67. The molecule has 1 aromatic heterocycles. The van der Waals surface area contributed by atoms with E-state index in [4.69, 9.17) is 4.74 Å². The Kier molecular flexibility index (Phi) is 4.72. The van der Waals surface area contributed by atoms with E-state index < -0.39 is 6.67 Å². The summed E-state index contributed by atoms with van der Waals surface area (Å²) in [5.41, 5.74) is 3.93. The minimum Gasteiger partial charge on any atom is -0.491 e. The summed E-state index contributed by atoms with van der Waals surface area (Å²) < 4.78 is 20.5. The van der Waals surface area contributed by atoms with Crippen LogP contribution in [0, 0.1) is 0 Å². The minimum atomic E-state index is -0.489. The number of pyridine rings is 1. The van der Waals surface area contributed by atoms with E-state index in [1.165, 1.54) is 0 Å². The molecule has 0 bridgehead atoms. The summed E-state index contributed by atoms with van der Waals surface area (Å²) in [5.74, 6) is 0.664. The highest BCUT2D eigenvalue weighted by atomic mass is 127. The zero-order chi connectivity index (χ0) is 15.4. The van der Waals surface area contributed by atoms with E-state index in [-0.39, 0.29) is 6.61 Å². The van der Waals surface area contributed by atoms with Crippen molar-refractivity contribution in [2.75, 3.05) is 16.8 Å². The number of benzene rings is 2. The van der Waals surface area contributed by atoms with Gasteiger partial charge in [0.05, 0.1) is 34.1 Å². The molecule has 5 heteroatoms. The van der Waals surface area contributed by atoms with Crippen molar-refractivity contribution in [1.29, 1.82) is 0 Å². The van der Waals surface area contributed by atoms with E-state index >= 15 is 0 Å². The van der Waals surface area contributed by atoms with E-state index in [0.29, 0.717) is 5.75 Å². The number of nitrogens with zero attached hydrogens (tertiary/aromatic N) is 1. The third-order valence-electron chi connectivity index (χ3n) is 3.30. The maximum atomic E-state index is 12.1. The number of ether oxygens (including phenoxy) is 1. The topological polar surface area (TPSA) is 34.1 Å². The van der Waals surface area contributed by atoms with Gasteiger partial charge in [-0.15, -0.1) is 0 Å². The highest BCUT2D eigenvalue weighted by molar-refractivity contribution is 14.1. The molecule has 0 atom stereocenters. The lowest BCUT2D eigenvalue weighted by atomic mass is 10.1. The lowest BCUT2D eigenvalue weighted by Gasteiger charge is -2.07. The van der Waals surface area contributed by atoms with Gasteiger partial charge in [0.15, 0.2) is 0 Å². The average molecular weight is 408 g/mol. The molecule has 0 saturated heterocycles. The van der Waals surface area contributed by atoms with Crippen molar-refractivity contribution in [1.82, 2.24) is 4.98 Å². The van der Waals surface area contributed by atoms with E-state index in [2.05, 4.69) is 31.4 Å². The summed E-state index contributed by atoms with van der Waals surface area (Å²) in [7, 11) is 0. The third-order valence-corrected chi connectivity index (χ3v) is 3.92. The Balaban J connectivity index is 1.91. The highest BCUT2D eigenvalue weighted by Gasteiger charge is 2.03. The molecule has 3 rings (SSSR count). The standard InChI is InChI=1S/C17H14FIN2O/c18-9-10-22-15-6-8-17-13(11-15)3-7-16(20-17)12-1-4-14(21-19)5-2-12/h1-8,11,21H,9-10H2. The highest BCUT2D eigenvalue weighted by Crippen LogP contribution is 2.25. The van der Waals surface area contributed by atoms with E-state index in [1.807, 2.05) is 54.6 Å². The molecule has 0 aliphatic carbocycles. The molecule has 0 unspecified atom stereocenters. The zero-order valence-corrected chi connectivity index (χ0v) is 13.9. The lowest BCUT2D eigenvalue weighted by Crippen LogP contribution is -1.98. The van der Waals surface area contributed by atoms with Crippen LogP contribution in [0.25, 0.3) is 22.2 Å². The predicted molar refractivity (Wildman–Crippen MR) is 96.3 cm³/mol. The fraction of sp³-hybridized carbons (Fsp3) is 0.118. The predicted octanol–water partition coefficient (Wildman–Crippen LogP) is 5.01. The van der Waals surface area contributed by atoms with Crippen LogP contribution >= 0.6 is 22.9 Å². The maximum Gasteiger partial charge on any atom is 0.123 e. The van der Waals surface area contributed by atoms with Crippen LogP contribution in [0.2, 0.25) is 0 Å². The van der Waals surface area contributed by atoms with Crippen molar-refractivity contribution in [3.05, 3.63) is 54.6 Å². The molecule has 3 nitrogen and oxygen atoms in total. The first-order valence-electron chi connectivity index (χ1n) is 6.87. The molecule has 0 aliphatic rings. The second-order valence-electron chi connectivity index (χ2n) is 4.76. The van der Waals surface area contributed by atoms with Crippen LogP contribution in [0.3, 0.4) is 0 Å². The zero-order valence-electron chi connectivity index (χ0n) is 11.7. The number of hydrogen-bond acceptors (Lipinski definition) is 3.